The van der Waals surface area contributed by atoms with E-state index in [1.165, 1.54) is 9.80 Å². The highest BCUT2D eigenvalue weighted by Crippen LogP contribution is 2.25. The van der Waals surface area contributed by atoms with Gasteiger partial charge in [0.05, 0.1) is 23.7 Å². The molecule has 0 bridgehead atoms. The topological polar surface area (TPSA) is 96.5 Å². The van der Waals surface area contributed by atoms with Gasteiger partial charge in [-0.25, -0.2) is 9.59 Å². The summed E-state index contributed by atoms with van der Waals surface area (Å²) in [6.45, 7) is 5.88. The summed E-state index contributed by atoms with van der Waals surface area (Å²) in [7, 11) is 0. The molecular weight excluding hydrogens is 450 g/mol. The number of piperazine rings is 1. The normalized spacial score (nSPS) is 17.9. The van der Waals surface area contributed by atoms with Crippen molar-refractivity contribution in [2.24, 2.45) is 0 Å². The van der Waals surface area contributed by atoms with E-state index < -0.39 is 35.6 Å². The first-order valence-electron chi connectivity index (χ1n) is 11.5. The van der Waals surface area contributed by atoms with Crippen LogP contribution in [0.3, 0.4) is 0 Å². The predicted molar refractivity (Wildman–Crippen MR) is 127 cm³/mol. The highest BCUT2D eigenvalue weighted by molar-refractivity contribution is 6.21. The summed E-state index contributed by atoms with van der Waals surface area (Å²) in [6.07, 6.45) is -1.08. The summed E-state index contributed by atoms with van der Waals surface area (Å²) in [5, 5.41) is 0. The van der Waals surface area contributed by atoms with Crippen LogP contribution in [0.25, 0.3) is 0 Å². The number of imide groups is 1. The number of fused-ring (bicyclic) bond motifs is 1. The third-order valence-corrected chi connectivity index (χ3v) is 5.85. The van der Waals surface area contributed by atoms with Gasteiger partial charge in [0.1, 0.15) is 12.2 Å². The van der Waals surface area contributed by atoms with Gasteiger partial charge < -0.3 is 14.4 Å². The van der Waals surface area contributed by atoms with E-state index in [1.54, 1.807) is 45.0 Å². The fourth-order valence-corrected chi connectivity index (χ4v) is 4.16. The zero-order chi connectivity index (χ0) is 25.2. The van der Waals surface area contributed by atoms with Crippen LogP contribution >= 0.6 is 0 Å². The zero-order valence-corrected chi connectivity index (χ0v) is 20.1. The lowest BCUT2D eigenvalue weighted by atomic mass is 10.1. The van der Waals surface area contributed by atoms with Gasteiger partial charge in [-0.1, -0.05) is 42.5 Å². The van der Waals surface area contributed by atoms with Crippen molar-refractivity contribution in [1.29, 1.82) is 0 Å². The van der Waals surface area contributed by atoms with E-state index in [4.69, 9.17) is 9.47 Å². The Bertz CT molecular complexity index is 1090. The van der Waals surface area contributed by atoms with E-state index in [0.717, 1.165) is 10.5 Å². The Hall–Kier alpha value is -3.88. The van der Waals surface area contributed by atoms with Crippen LogP contribution in [0.15, 0.2) is 54.6 Å². The molecule has 1 saturated heterocycles. The first-order valence-corrected chi connectivity index (χ1v) is 11.5. The first-order chi connectivity index (χ1) is 16.6. The summed E-state index contributed by atoms with van der Waals surface area (Å²) >= 11 is 0. The SMILES string of the molecule is CC(C)(C)OC(=O)N1CCN(C(=O)OCc2ccccc2)C[C@@H]1CN1C(=O)c2ccccc2C1=O. The third kappa shape index (κ3) is 5.45. The number of amides is 4. The molecule has 2 heterocycles. The number of benzene rings is 2. The van der Waals surface area contributed by atoms with Crippen molar-refractivity contribution in [2.75, 3.05) is 26.2 Å². The van der Waals surface area contributed by atoms with Crippen LogP contribution in [0.1, 0.15) is 47.1 Å². The lowest BCUT2D eigenvalue weighted by molar-refractivity contribution is -0.00755. The number of carbonyl (C=O) groups excluding carboxylic acids is 4. The maximum absolute atomic E-state index is 12.9. The van der Waals surface area contributed by atoms with Gasteiger partial charge >= 0.3 is 12.2 Å². The minimum atomic E-state index is -0.719. The molecule has 9 heteroatoms. The van der Waals surface area contributed by atoms with Crippen molar-refractivity contribution >= 4 is 24.0 Å². The molecule has 4 rings (SSSR count). The molecule has 35 heavy (non-hydrogen) atoms. The van der Waals surface area contributed by atoms with Crippen molar-refractivity contribution in [3.63, 3.8) is 0 Å². The third-order valence-electron chi connectivity index (χ3n) is 5.85. The van der Waals surface area contributed by atoms with E-state index in [-0.39, 0.29) is 32.8 Å². The lowest BCUT2D eigenvalue weighted by Crippen LogP contribution is -2.60. The Kier molecular flexibility index (Phi) is 6.77. The summed E-state index contributed by atoms with van der Waals surface area (Å²) < 4.78 is 11.0. The first kappa shape index (κ1) is 24.3. The molecule has 2 aliphatic heterocycles. The summed E-state index contributed by atoms with van der Waals surface area (Å²) in [4.78, 5) is 55.7. The van der Waals surface area contributed by atoms with Crippen LogP contribution in [-0.2, 0) is 16.1 Å². The molecule has 4 amide bonds. The monoisotopic (exact) mass is 479 g/mol. The largest absolute Gasteiger partial charge is 0.445 e. The second kappa shape index (κ2) is 9.77. The standard InChI is InChI=1S/C26H29N3O6/c1-26(2,3)35-25(33)28-14-13-27(24(32)34-17-18-9-5-4-6-10-18)15-19(28)16-29-22(30)20-11-7-8-12-21(20)23(29)31/h4-12,19H,13-17H2,1-3H3/t19-/m1/s1. The van der Waals surface area contributed by atoms with Crippen molar-refractivity contribution in [2.45, 2.75) is 39.0 Å². The van der Waals surface area contributed by atoms with E-state index >= 15 is 0 Å². The van der Waals surface area contributed by atoms with Crippen LogP contribution in [0, 0.1) is 0 Å². The quantitative estimate of drug-likeness (QED) is 0.623. The Morgan fingerprint density at radius 3 is 2.09 bits per heavy atom. The van der Waals surface area contributed by atoms with Crippen LogP contribution in [0.2, 0.25) is 0 Å². The number of hydrogen-bond donors (Lipinski definition) is 0. The maximum Gasteiger partial charge on any atom is 0.410 e. The minimum Gasteiger partial charge on any atom is -0.445 e. The molecule has 0 aliphatic carbocycles. The summed E-state index contributed by atoms with van der Waals surface area (Å²) in [5.41, 5.74) is 0.798. The van der Waals surface area contributed by atoms with Crippen molar-refractivity contribution < 1.29 is 28.7 Å². The molecule has 2 aromatic rings. The van der Waals surface area contributed by atoms with E-state index in [0.29, 0.717) is 11.1 Å². The Balaban J connectivity index is 1.50. The van der Waals surface area contributed by atoms with Gasteiger partial charge in [0.15, 0.2) is 0 Å². The highest BCUT2D eigenvalue weighted by atomic mass is 16.6. The van der Waals surface area contributed by atoms with Gasteiger partial charge in [-0.15, -0.1) is 0 Å². The van der Waals surface area contributed by atoms with E-state index in [2.05, 4.69) is 0 Å². The lowest BCUT2D eigenvalue weighted by Gasteiger charge is -2.42. The molecule has 1 atom stereocenters. The van der Waals surface area contributed by atoms with Crippen LogP contribution < -0.4 is 0 Å². The summed E-state index contributed by atoms with van der Waals surface area (Å²) in [5.74, 6) is -0.836. The molecule has 9 nitrogen and oxygen atoms in total. The molecule has 0 unspecified atom stereocenters. The average Bonchev–Trinajstić information content (AvgIpc) is 3.07. The fraction of sp³-hybridized carbons (Fsp3) is 0.385. The van der Waals surface area contributed by atoms with Crippen molar-refractivity contribution in [3.8, 4) is 0 Å². The number of ether oxygens (including phenoxy) is 2. The second-order valence-corrected chi connectivity index (χ2v) is 9.58. The van der Waals surface area contributed by atoms with Gasteiger partial charge in [-0.05, 0) is 38.5 Å². The Morgan fingerprint density at radius 1 is 0.886 bits per heavy atom. The van der Waals surface area contributed by atoms with Crippen LogP contribution in [-0.4, -0.2) is 76.5 Å². The van der Waals surface area contributed by atoms with Gasteiger partial charge in [0.2, 0.25) is 0 Å². The molecule has 0 aromatic heterocycles. The van der Waals surface area contributed by atoms with Crippen LogP contribution in [0.5, 0.6) is 0 Å². The molecule has 1 fully saturated rings. The number of nitrogens with zero attached hydrogens (tertiary/aromatic N) is 3. The molecule has 0 saturated carbocycles. The van der Waals surface area contributed by atoms with Gasteiger partial charge in [-0.2, -0.15) is 0 Å². The molecule has 0 N–H and O–H groups in total. The highest BCUT2D eigenvalue weighted by Gasteiger charge is 2.41. The number of hydrogen-bond acceptors (Lipinski definition) is 6. The molecule has 0 radical (unpaired) electrons. The Morgan fingerprint density at radius 2 is 1.49 bits per heavy atom. The molecule has 0 spiro atoms. The smallest absolute Gasteiger partial charge is 0.410 e. The van der Waals surface area contributed by atoms with E-state index in [1.807, 2.05) is 30.3 Å². The summed E-state index contributed by atoms with van der Waals surface area (Å²) in [6, 6.07) is 15.3. The molecule has 2 aliphatic rings. The van der Waals surface area contributed by atoms with Gasteiger partial charge in [0.25, 0.3) is 11.8 Å². The predicted octanol–water partition coefficient (Wildman–Crippen LogP) is 3.54. The second-order valence-electron chi connectivity index (χ2n) is 9.58. The van der Waals surface area contributed by atoms with Crippen LogP contribution in [0.4, 0.5) is 9.59 Å². The maximum atomic E-state index is 12.9. The molecular formula is C26H29N3O6. The van der Waals surface area contributed by atoms with Gasteiger partial charge in [0, 0.05) is 19.6 Å². The van der Waals surface area contributed by atoms with Crippen molar-refractivity contribution in [1.82, 2.24) is 14.7 Å². The van der Waals surface area contributed by atoms with Gasteiger partial charge in [-0.3, -0.25) is 19.4 Å². The van der Waals surface area contributed by atoms with E-state index in [9.17, 15) is 19.2 Å². The number of rotatable bonds is 4. The Labute approximate surface area is 204 Å². The molecule has 2 aromatic carbocycles. The average molecular weight is 480 g/mol. The minimum absolute atomic E-state index is 0.0615. The molecule has 184 valence electrons. The fourth-order valence-electron chi connectivity index (χ4n) is 4.16. The zero-order valence-electron chi connectivity index (χ0n) is 20.1. The van der Waals surface area contributed by atoms with Crippen molar-refractivity contribution in [3.05, 3.63) is 71.3 Å². The number of carbonyl (C=O) groups is 4.